The monoisotopic (exact) mass is 556 g/mol. The van der Waals surface area contributed by atoms with Gasteiger partial charge in [-0.3, -0.25) is 0 Å². The summed E-state index contributed by atoms with van der Waals surface area (Å²) in [5.41, 5.74) is 8.19. The molecular weight excluding hydrogens is 532 g/mol. The van der Waals surface area contributed by atoms with Crippen LogP contribution in [0.5, 0.6) is 0 Å². The molecule has 0 saturated heterocycles. The van der Waals surface area contributed by atoms with Gasteiger partial charge in [-0.1, -0.05) is 72.3 Å². The van der Waals surface area contributed by atoms with Crippen molar-refractivity contribution in [2.45, 2.75) is 22.9 Å². The van der Waals surface area contributed by atoms with Crippen LogP contribution in [-0.4, -0.2) is 16.8 Å². The lowest BCUT2D eigenvalue weighted by Crippen LogP contribution is -2.24. The topological polar surface area (TPSA) is 130 Å². The highest BCUT2D eigenvalue weighted by Gasteiger charge is 2.20. The molecule has 0 atom stereocenters. The quantitative estimate of drug-likeness (QED) is 0.211. The summed E-state index contributed by atoms with van der Waals surface area (Å²) in [4.78, 5) is -0.0702. The highest BCUT2D eigenvalue weighted by Crippen LogP contribution is 2.28. The number of hydrogen-bond acceptors (Lipinski definition) is 6. The van der Waals surface area contributed by atoms with Crippen molar-refractivity contribution in [3.63, 3.8) is 0 Å². The molecule has 0 aliphatic rings. The van der Waals surface area contributed by atoms with Gasteiger partial charge in [0, 0.05) is 29.5 Å². The van der Waals surface area contributed by atoms with Crippen LogP contribution in [0.1, 0.15) is 11.1 Å². The molecule has 0 aliphatic carbocycles. The number of nitrogens with one attached hydrogen (secondary N) is 3. The number of benzene rings is 4. The molecule has 5 N–H and O–H groups in total. The van der Waals surface area contributed by atoms with Crippen LogP contribution < -0.4 is 20.5 Å². The van der Waals surface area contributed by atoms with Gasteiger partial charge in [0.25, 0.3) is 0 Å². The van der Waals surface area contributed by atoms with E-state index in [0.29, 0.717) is 16.3 Å². The largest absolute Gasteiger partial charge is 0.399 e. The lowest BCUT2D eigenvalue weighted by molar-refractivity contribution is 0.579. The van der Waals surface area contributed by atoms with Crippen LogP contribution in [0.25, 0.3) is 0 Å². The number of nitrogen functional groups attached to an aromatic ring is 1. The third-order valence-corrected chi connectivity index (χ3v) is 8.62. The standard InChI is InChI=1S/C26H25ClN4O4S2/c27-24-11-5-4-10-20(24)18-30-37(34,35)26-13-7-6-12-25(26)31-22-14-21(28)15-23(16-22)36(32,33)29-17-19-8-2-1-3-9-19/h1-16,29-31H,17-18,28H2. The highest BCUT2D eigenvalue weighted by molar-refractivity contribution is 7.89. The summed E-state index contributed by atoms with van der Waals surface area (Å²) in [6, 6.07) is 26.6. The zero-order valence-electron chi connectivity index (χ0n) is 19.6. The van der Waals surface area contributed by atoms with Crippen molar-refractivity contribution in [1.29, 1.82) is 0 Å². The second-order valence-corrected chi connectivity index (χ2v) is 12.0. The summed E-state index contributed by atoms with van der Waals surface area (Å²) in [7, 11) is -7.84. The van der Waals surface area contributed by atoms with E-state index in [-0.39, 0.29) is 34.3 Å². The molecular formula is C26H25ClN4O4S2. The fraction of sp³-hybridized carbons (Fsp3) is 0.0769. The zero-order chi connectivity index (χ0) is 26.5. The molecule has 0 unspecified atom stereocenters. The first-order valence-corrected chi connectivity index (χ1v) is 14.5. The molecule has 4 aromatic carbocycles. The smallest absolute Gasteiger partial charge is 0.242 e. The number of nitrogens with two attached hydrogens (primary N) is 1. The van der Waals surface area contributed by atoms with Crippen LogP contribution in [0.3, 0.4) is 0 Å². The Morgan fingerprint density at radius 3 is 2.11 bits per heavy atom. The summed E-state index contributed by atoms with van der Waals surface area (Å²) in [5, 5.41) is 3.45. The Morgan fingerprint density at radius 2 is 1.35 bits per heavy atom. The minimum Gasteiger partial charge on any atom is -0.399 e. The number of halogens is 1. The average molecular weight is 557 g/mol. The van der Waals surface area contributed by atoms with Crippen molar-refractivity contribution in [1.82, 2.24) is 9.44 Å². The van der Waals surface area contributed by atoms with Crippen molar-refractivity contribution < 1.29 is 16.8 Å². The zero-order valence-corrected chi connectivity index (χ0v) is 21.9. The van der Waals surface area contributed by atoms with E-state index < -0.39 is 20.0 Å². The van der Waals surface area contributed by atoms with Gasteiger partial charge in [-0.2, -0.15) is 0 Å². The molecule has 0 heterocycles. The lowest BCUT2D eigenvalue weighted by atomic mass is 10.2. The molecule has 0 spiro atoms. The summed E-state index contributed by atoms with van der Waals surface area (Å²) < 4.78 is 57.2. The first-order chi connectivity index (χ1) is 17.6. The normalized spacial score (nSPS) is 11.8. The number of anilines is 3. The lowest BCUT2D eigenvalue weighted by Gasteiger charge is -2.15. The Morgan fingerprint density at radius 1 is 0.703 bits per heavy atom. The molecule has 37 heavy (non-hydrogen) atoms. The van der Waals surface area contributed by atoms with E-state index in [1.54, 1.807) is 42.5 Å². The molecule has 11 heteroatoms. The van der Waals surface area contributed by atoms with Crippen molar-refractivity contribution in [3.05, 3.63) is 113 Å². The summed E-state index contributed by atoms with van der Waals surface area (Å²) in [6.07, 6.45) is 0. The van der Waals surface area contributed by atoms with E-state index in [2.05, 4.69) is 14.8 Å². The van der Waals surface area contributed by atoms with Gasteiger partial charge in [-0.05, 0) is 47.5 Å². The second-order valence-electron chi connectivity index (χ2n) is 8.14. The minimum absolute atomic E-state index is 0.00407. The van der Waals surface area contributed by atoms with Crippen molar-refractivity contribution in [2.24, 2.45) is 0 Å². The van der Waals surface area contributed by atoms with Crippen LogP contribution in [0, 0.1) is 0 Å². The van der Waals surface area contributed by atoms with Crippen molar-refractivity contribution >= 4 is 48.7 Å². The maximum atomic E-state index is 13.1. The summed E-state index contributed by atoms with van der Waals surface area (Å²) >= 11 is 6.15. The molecule has 4 rings (SSSR count). The van der Waals surface area contributed by atoms with E-state index in [1.807, 2.05) is 30.3 Å². The van der Waals surface area contributed by atoms with Gasteiger partial charge < -0.3 is 11.1 Å². The molecule has 192 valence electrons. The van der Waals surface area contributed by atoms with Crippen molar-refractivity contribution in [3.8, 4) is 0 Å². The van der Waals surface area contributed by atoms with E-state index in [4.69, 9.17) is 17.3 Å². The Kier molecular flexibility index (Phi) is 8.16. The maximum Gasteiger partial charge on any atom is 0.242 e. The SMILES string of the molecule is Nc1cc(Nc2ccccc2S(=O)(=O)NCc2ccccc2Cl)cc(S(=O)(=O)NCc2ccccc2)c1. The number of para-hydroxylation sites is 1. The van der Waals surface area contributed by atoms with Gasteiger partial charge in [0.2, 0.25) is 20.0 Å². The molecule has 0 amide bonds. The fourth-order valence-electron chi connectivity index (χ4n) is 3.56. The molecule has 0 radical (unpaired) electrons. The Labute approximate surface area is 221 Å². The molecule has 0 aliphatic heterocycles. The Balaban J connectivity index is 1.56. The second kappa shape index (κ2) is 11.3. The van der Waals surface area contributed by atoms with E-state index >= 15 is 0 Å². The molecule has 0 aromatic heterocycles. The van der Waals surface area contributed by atoms with Crippen LogP contribution in [0.2, 0.25) is 5.02 Å². The first-order valence-electron chi connectivity index (χ1n) is 11.2. The van der Waals surface area contributed by atoms with E-state index in [0.717, 1.165) is 5.56 Å². The number of hydrogen-bond donors (Lipinski definition) is 4. The van der Waals surface area contributed by atoms with Gasteiger partial charge in [-0.15, -0.1) is 0 Å². The predicted molar refractivity (Wildman–Crippen MR) is 147 cm³/mol. The van der Waals surface area contributed by atoms with Gasteiger partial charge >= 0.3 is 0 Å². The van der Waals surface area contributed by atoms with E-state index in [9.17, 15) is 16.8 Å². The third-order valence-electron chi connectivity index (χ3n) is 5.41. The van der Waals surface area contributed by atoms with Crippen LogP contribution in [0.15, 0.2) is 107 Å². The van der Waals surface area contributed by atoms with Gasteiger partial charge in [0.05, 0.1) is 10.6 Å². The van der Waals surface area contributed by atoms with Crippen molar-refractivity contribution in [2.75, 3.05) is 11.1 Å². The third kappa shape index (κ3) is 6.88. The molecule has 8 nitrogen and oxygen atoms in total. The highest BCUT2D eigenvalue weighted by atomic mass is 35.5. The van der Waals surface area contributed by atoms with E-state index in [1.165, 1.54) is 24.3 Å². The average Bonchev–Trinajstić information content (AvgIpc) is 2.88. The number of rotatable bonds is 10. The van der Waals surface area contributed by atoms with Gasteiger partial charge in [0.15, 0.2) is 0 Å². The van der Waals surface area contributed by atoms with Gasteiger partial charge in [0.1, 0.15) is 4.90 Å². The molecule has 0 fully saturated rings. The minimum atomic E-state index is -3.95. The van der Waals surface area contributed by atoms with Crippen LogP contribution in [-0.2, 0) is 33.1 Å². The Hall–Kier alpha value is -3.41. The first kappa shape index (κ1) is 26.6. The number of sulfonamides is 2. The molecule has 0 saturated carbocycles. The summed E-state index contributed by atoms with van der Waals surface area (Å²) in [6.45, 7) is 0.114. The van der Waals surface area contributed by atoms with Crippen LogP contribution in [0.4, 0.5) is 17.1 Å². The maximum absolute atomic E-state index is 13.1. The fourth-order valence-corrected chi connectivity index (χ4v) is 6.03. The molecule has 4 aromatic rings. The molecule has 0 bridgehead atoms. The summed E-state index contributed by atoms with van der Waals surface area (Å²) in [5.74, 6) is 0. The Bertz CT molecular complexity index is 1610. The predicted octanol–water partition coefficient (Wildman–Crippen LogP) is 4.62. The van der Waals surface area contributed by atoms with Gasteiger partial charge in [-0.25, -0.2) is 26.3 Å². The van der Waals surface area contributed by atoms with Crippen LogP contribution >= 0.6 is 11.6 Å².